The summed E-state index contributed by atoms with van der Waals surface area (Å²) in [5.74, 6) is -0.494. The van der Waals surface area contributed by atoms with Crippen LogP contribution in [-0.4, -0.2) is 32.3 Å². The number of alkyl halides is 3. The van der Waals surface area contributed by atoms with Crippen LogP contribution in [-0.2, 0) is 11.3 Å². The maximum Gasteiger partial charge on any atom is 0.405 e. The number of hydrogen-bond acceptors (Lipinski definition) is 3. The molecule has 0 spiro atoms. The largest absolute Gasteiger partial charge is 0.483 e. The third kappa shape index (κ3) is 5.66. The first-order valence-electron chi connectivity index (χ1n) is 5.71. The summed E-state index contributed by atoms with van der Waals surface area (Å²) in [6.45, 7) is -1.47. The second-order valence-electron chi connectivity index (χ2n) is 3.93. The number of nitrogens with one attached hydrogen (secondary N) is 2. The molecule has 8 heteroatoms. The van der Waals surface area contributed by atoms with E-state index in [2.05, 4.69) is 5.32 Å². The van der Waals surface area contributed by atoms with Gasteiger partial charge in [-0.3, -0.25) is 4.79 Å². The molecule has 0 aliphatic heterocycles. The molecule has 0 saturated heterocycles. The molecule has 20 heavy (non-hydrogen) atoms. The summed E-state index contributed by atoms with van der Waals surface area (Å²) >= 11 is 5.98. The first-order chi connectivity index (χ1) is 9.33. The van der Waals surface area contributed by atoms with Crippen LogP contribution in [0.2, 0.25) is 5.02 Å². The first-order valence-corrected chi connectivity index (χ1v) is 6.09. The topological polar surface area (TPSA) is 50.4 Å². The minimum Gasteiger partial charge on any atom is -0.483 e. The average molecular weight is 311 g/mol. The molecular formula is C12H14ClF3N2O2. The predicted molar refractivity (Wildman–Crippen MR) is 68.8 cm³/mol. The zero-order chi connectivity index (χ0) is 15.2. The van der Waals surface area contributed by atoms with E-state index < -0.39 is 25.2 Å². The van der Waals surface area contributed by atoms with Crippen LogP contribution in [0.1, 0.15) is 5.56 Å². The summed E-state index contributed by atoms with van der Waals surface area (Å²) in [6, 6.07) is 4.88. The zero-order valence-corrected chi connectivity index (χ0v) is 11.4. The second kappa shape index (κ2) is 7.35. The van der Waals surface area contributed by atoms with Crippen molar-refractivity contribution < 1.29 is 22.7 Å². The van der Waals surface area contributed by atoms with Gasteiger partial charge in [-0.2, -0.15) is 13.2 Å². The molecule has 1 aromatic carbocycles. The van der Waals surface area contributed by atoms with Gasteiger partial charge in [-0.25, -0.2) is 0 Å². The molecule has 0 radical (unpaired) electrons. The molecule has 2 N–H and O–H groups in total. The van der Waals surface area contributed by atoms with Crippen LogP contribution < -0.4 is 15.4 Å². The van der Waals surface area contributed by atoms with Crippen molar-refractivity contribution in [2.75, 3.05) is 20.2 Å². The van der Waals surface area contributed by atoms with Gasteiger partial charge in [0.05, 0.1) is 0 Å². The fraction of sp³-hybridized carbons (Fsp3) is 0.417. The Morgan fingerprint density at radius 1 is 1.40 bits per heavy atom. The van der Waals surface area contributed by atoms with Gasteiger partial charge in [0, 0.05) is 17.1 Å². The van der Waals surface area contributed by atoms with E-state index in [1.54, 1.807) is 30.6 Å². The number of carbonyl (C=O) groups is 1. The number of halogens is 4. The number of carbonyl (C=O) groups excluding carboxylic acids is 1. The van der Waals surface area contributed by atoms with Crippen LogP contribution in [0.5, 0.6) is 5.75 Å². The highest BCUT2D eigenvalue weighted by atomic mass is 35.5. The van der Waals surface area contributed by atoms with Crippen molar-refractivity contribution in [2.45, 2.75) is 12.7 Å². The Morgan fingerprint density at radius 2 is 2.10 bits per heavy atom. The lowest BCUT2D eigenvalue weighted by molar-refractivity contribution is -0.139. The van der Waals surface area contributed by atoms with Crippen molar-refractivity contribution in [1.29, 1.82) is 0 Å². The van der Waals surface area contributed by atoms with Gasteiger partial charge in [0.15, 0.2) is 6.61 Å². The van der Waals surface area contributed by atoms with Crippen LogP contribution in [0.3, 0.4) is 0 Å². The molecule has 0 aromatic heterocycles. The van der Waals surface area contributed by atoms with E-state index in [0.717, 1.165) is 0 Å². The standard InChI is InChI=1S/C12H14ClF3N2O2/c1-17-5-8-9(13)3-2-4-10(8)20-6-11(19)18-7-12(14,15)16/h2-4,17H,5-7H2,1H3,(H,18,19). The normalized spacial score (nSPS) is 11.2. The molecule has 112 valence electrons. The summed E-state index contributed by atoms with van der Waals surface area (Å²) < 4.78 is 40.9. The average Bonchev–Trinajstić information content (AvgIpc) is 2.36. The molecule has 1 rings (SSSR count). The summed E-state index contributed by atoms with van der Waals surface area (Å²) in [7, 11) is 1.71. The molecule has 0 aliphatic rings. The van der Waals surface area contributed by atoms with Crippen LogP contribution in [0.4, 0.5) is 13.2 Å². The van der Waals surface area contributed by atoms with Gasteiger partial charge in [0.1, 0.15) is 12.3 Å². The highest BCUT2D eigenvalue weighted by Gasteiger charge is 2.27. The molecule has 0 fully saturated rings. The van der Waals surface area contributed by atoms with Crippen molar-refractivity contribution in [3.63, 3.8) is 0 Å². The van der Waals surface area contributed by atoms with E-state index in [9.17, 15) is 18.0 Å². The Morgan fingerprint density at radius 3 is 2.70 bits per heavy atom. The van der Waals surface area contributed by atoms with Gasteiger partial charge in [0.2, 0.25) is 0 Å². The monoisotopic (exact) mass is 310 g/mol. The van der Waals surface area contributed by atoms with Gasteiger partial charge >= 0.3 is 6.18 Å². The van der Waals surface area contributed by atoms with Gasteiger partial charge in [-0.15, -0.1) is 0 Å². The molecule has 0 saturated carbocycles. The lowest BCUT2D eigenvalue weighted by Crippen LogP contribution is -2.36. The number of hydrogen-bond donors (Lipinski definition) is 2. The van der Waals surface area contributed by atoms with Crippen LogP contribution in [0.25, 0.3) is 0 Å². The zero-order valence-electron chi connectivity index (χ0n) is 10.7. The third-order valence-electron chi connectivity index (χ3n) is 2.27. The highest BCUT2D eigenvalue weighted by Crippen LogP contribution is 2.26. The van der Waals surface area contributed by atoms with E-state index in [1.807, 2.05) is 0 Å². The van der Waals surface area contributed by atoms with Crippen LogP contribution in [0.15, 0.2) is 18.2 Å². The molecule has 1 amide bonds. The number of amides is 1. The minimum atomic E-state index is -4.44. The fourth-order valence-electron chi connectivity index (χ4n) is 1.42. The molecule has 0 aliphatic carbocycles. The number of rotatable bonds is 6. The fourth-order valence-corrected chi connectivity index (χ4v) is 1.65. The first kappa shape index (κ1) is 16.6. The minimum absolute atomic E-state index is 0.356. The lowest BCUT2D eigenvalue weighted by atomic mass is 10.2. The van der Waals surface area contributed by atoms with E-state index >= 15 is 0 Å². The van der Waals surface area contributed by atoms with Crippen molar-refractivity contribution in [1.82, 2.24) is 10.6 Å². The van der Waals surface area contributed by atoms with Crippen molar-refractivity contribution >= 4 is 17.5 Å². The van der Waals surface area contributed by atoms with Crippen molar-refractivity contribution in [2.24, 2.45) is 0 Å². The van der Waals surface area contributed by atoms with Crippen LogP contribution in [0, 0.1) is 0 Å². The molecule has 0 atom stereocenters. The molecule has 1 aromatic rings. The molecular weight excluding hydrogens is 297 g/mol. The maximum atomic E-state index is 11.9. The Kier molecular flexibility index (Phi) is 6.09. The summed E-state index contributed by atoms with van der Waals surface area (Å²) in [5, 5.41) is 5.06. The lowest BCUT2D eigenvalue weighted by Gasteiger charge is -2.13. The summed E-state index contributed by atoms with van der Waals surface area (Å²) in [6.07, 6.45) is -4.44. The van der Waals surface area contributed by atoms with E-state index in [4.69, 9.17) is 16.3 Å². The molecule has 0 heterocycles. The van der Waals surface area contributed by atoms with Gasteiger partial charge < -0.3 is 15.4 Å². The Hall–Kier alpha value is -1.47. The number of ether oxygens (including phenoxy) is 1. The van der Waals surface area contributed by atoms with E-state index in [1.165, 1.54) is 0 Å². The third-order valence-corrected chi connectivity index (χ3v) is 2.63. The predicted octanol–water partition coefficient (Wildman–Crippen LogP) is 2.12. The van der Waals surface area contributed by atoms with E-state index in [-0.39, 0.29) is 0 Å². The molecule has 0 bridgehead atoms. The van der Waals surface area contributed by atoms with Gasteiger partial charge in [0.25, 0.3) is 5.91 Å². The Labute approximate surface area is 119 Å². The highest BCUT2D eigenvalue weighted by molar-refractivity contribution is 6.31. The smallest absolute Gasteiger partial charge is 0.405 e. The van der Waals surface area contributed by atoms with Crippen molar-refractivity contribution in [3.8, 4) is 5.75 Å². The maximum absolute atomic E-state index is 11.9. The number of benzene rings is 1. The molecule has 4 nitrogen and oxygen atoms in total. The molecule has 0 unspecified atom stereocenters. The van der Waals surface area contributed by atoms with E-state index in [0.29, 0.717) is 22.9 Å². The van der Waals surface area contributed by atoms with Crippen LogP contribution >= 0.6 is 11.6 Å². The summed E-state index contributed by atoms with van der Waals surface area (Å²) in [5.41, 5.74) is 0.639. The Bertz CT molecular complexity index is 467. The second-order valence-corrected chi connectivity index (χ2v) is 4.33. The van der Waals surface area contributed by atoms with Gasteiger partial charge in [-0.1, -0.05) is 17.7 Å². The van der Waals surface area contributed by atoms with Gasteiger partial charge in [-0.05, 0) is 19.2 Å². The summed E-state index contributed by atoms with van der Waals surface area (Å²) in [4.78, 5) is 11.2. The quantitative estimate of drug-likeness (QED) is 0.846. The Balaban J connectivity index is 2.57. The van der Waals surface area contributed by atoms with Crippen molar-refractivity contribution in [3.05, 3.63) is 28.8 Å². The SMILES string of the molecule is CNCc1c(Cl)cccc1OCC(=O)NCC(F)(F)F.